The number of rotatable bonds is 5. The monoisotopic (exact) mass is 312 g/mol. The van der Waals surface area contributed by atoms with Crippen LogP contribution < -0.4 is 10.5 Å². The van der Waals surface area contributed by atoms with Crippen molar-refractivity contribution in [3.05, 3.63) is 28.2 Å². The molecule has 0 aromatic heterocycles. The maximum atomic E-state index is 8.59. The third-order valence-electron chi connectivity index (χ3n) is 3.32. The van der Waals surface area contributed by atoms with Gasteiger partial charge >= 0.3 is 0 Å². The summed E-state index contributed by atoms with van der Waals surface area (Å²) in [6, 6.07) is 5.92. The van der Waals surface area contributed by atoms with Crippen molar-refractivity contribution in [2.24, 2.45) is 16.3 Å². The van der Waals surface area contributed by atoms with Gasteiger partial charge in [0, 0.05) is 16.3 Å². The molecule has 1 saturated carbocycles. The molecule has 5 heteroatoms. The van der Waals surface area contributed by atoms with Crippen LogP contribution in [0.4, 0.5) is 0 Å². The predicted octanol–water partition coefficient (Wildman–Crippen LogP) is 3.05. The fourth-order valence-corrected chi connectivity index (χ4v) is 2.16. The van der Waals surface area contributed by atoms with Crippen LogP contribution in [0.2, 0.25) is 0 Å². The van der Waals surface area contributed by atoms with E-state index in [9.17, 15) is 0 Å². The van der Waals surface area contributed by atoms with Crippen LogP contribution in [0.3, 0.4) is 0 Å². The second kappa shape index (κ2) is 5.18. The highest BCUT2D eigenvalue weighted by molar-refractivity contribution is 9.10. The first-order chi connectivity index (χ1) is 8.54. The van der Waals surface area contributed by atoms with Crippen LogP contribution >= 0.6 is 15.9 Å². The van der Waals surface area contributed by atoms with Crippen LogP contribution in [0.5, 0.6) is 5.75 Å². The first kappa shape index (κ1) is 13.2. The van der Waals surface area contributed by atoms with Gasteiger partial charge < -0.3 is 15.7 Å². The Balaban J connectivity index is 1.93. The normalized spacial score (nSPS) is 17.6. The third-order valence-corrected chi connectivity index (χ3v) is 4.21. The van der Waals surface area contributed by atoms with Crippen LogP contribution in [0.1, 0.15) is 24.8 Å². The third kappa shape index (κ3) is 3.16. The predicted molar refractivity (Wildman–Crippen MR) is 74.1 cm³/mol. The van der Waals surface area contributed by atoms with Gasteiger partial charge in [0.1, 0.15) is 11.6 Å². The fraction of sp³-hybridized carbons (Fsp3) is 0.462. The van der Waals surface area contributed by atoms with Crippen molar-refractivity contribution in [2.75, 3.05) is 6.61 Å². The zero-order valence-corrected chi connectivity index (χ0v) is 11.9. The van der Waals surface area contributed by atoms with E-state index in [4.69, 9.17) is 15.7 Å². The molecule has 1 fully saturated rings. The van der Waals surface area contributed by atoms with Crippen LogP contribution in [-0.4, -0.2) is 17.6 Å². The number of nitrogens with two attached hydrogens (primary N) is 1. The molecule has 0 unspecified atom stereocenters. The van der Waals surface area contributed by atoms with Crippen LogP contribution in [0, 0.1) is 12.3 Å². The second-order valence-corrected chi connectivity index (χ2v) is 5.82. The summed E-state index contributed by atoms with van der Waals surface area (Å²) in [6.45, 7) is 2.64. The largest absolute Gasteiger partial charge is 0.493 e. The molecule has 2 rings (SSSR count). The summed E-state index contributed by atoms with van der Waals surface area (Å²) in [5, 5.41) is 11.6. The molecule has 18 heavy (non-hydrogen) atoms. The Labute approximate surface area is 115 Å². The number of amidine groups is 1. The quantitative estimate of drug-likeness (QED) is 0.380. The summed E-state index contributed by atoms with van der Waals surface area (Å²) < 4.78 is 6.88. The minimum atomic E-state index is 0.0668. The highest BCUT2D eigenvalue weighted by Gasteiger charge is 2.44. The van der Waals surface area contributed by atoms with Gasteiger partial charge in [-0.3, -0.25) is 0 Å². The minimum Gasteiger partial charge on any atom is -0.493 e. The van der Waals surface area contributed by atoms with Gasteiger partial charge in [0.05, 0.1) is 6.61 Å². The Hall–Kier alpha value is -1.23. The van der Waals surface area contributed by atoms with Gasteiger partial charge in [-0.2, -0.15) is 0 Å². The Morgan fingerprint density at radius 1 is 1.56 bits per heavy atom. The highest BCUT2D eigenvalue weighted by atomic mass is 79.9. The topological polar surface area (TPSA) is 67.8 Å². The van der Waals surface area contributed by atoms with Crippen molar-refractivity contribution in [3.8, 4) is 5.75 Å². The van der Waals surface area contributed by atoms with Gasteiger partial charge in [0.25, 0.3) is 0 Å². The van der Waals surface area contributed by atoms with Gasteiger partial charge in [0.15, 0.2) is 0 Å². The summed E-state index contributed by atoms with van der Waals surface area (Å²) in [6.07, 6.45) is 2.73. The standard InChI is InChI=1S/C13H17BrN2O2/c1-9-6-10(2-3-11(9)14)18-8-13(4-5-13)7-12(15)16-17/h2-3,6,17H,4-5,7-8H2,1H3,(H2,15,16). The minimum absolute atomic E-state index is 0.0668. The van der Waals surface area contributed by atoms with E-state index in [0.29, 0.717) is 13.0 Å². The van der Waals surface area contributed by atoms with E-state index in [2.05, 4.69) is 21.1 Å². The van der Waals surface area contributed by atoms with Crippen molar-refractivity contribution in [2.45, 2.75) is 26.2 Å². The Bertz CT molecular complexity index is 470. The Morgan fingerprint density at radius 2 is 2.28 bits per heavy atom. The zero-order valence-electron chi connectivity index (χ0n) is 10.3. The first-order valence-corrected chi connectivity index (χ1v) is 6.69. The highest BCUT2D eigenvalue weighted by Crippen LogP contribution is 2.49. The fourth-order valence-electron chi connectivity index (χ4n) is 1.91. The average molecular weight is 313 g/mol. The molecule has 0 amide bonds. The lowest BCUT2D eigenvalue weighted by atomic mass is 10.0. The van der Waals surface area contributed by atoms with Gasteiger partial charge in [-0.05, 0) is 43.5 Å². The summed E-state index contributed by atoms with van der Waals surface area (Å²) >= 11 is 3.46. The molecule has 0 bridgehead atoms. The number of benzene rings is 1. The van der Waals surface area contributed by atoms with Gasteiger partial charge in [-0.1, -0.05) is 21.1 Å². The number of hydrogen-bond donors (Lipinski definition) is 2. The van der Waals surface area contributed by atoms with Crippen LogP contribution in [0.15, 0.2) is 27.8 Å². The van der Waals surface area contributed by atoms with Crippen LogP contribution in [-0.2, 0) is 0 Å². The lowest BCUT2D eigenvalue weighted by Crippen LogP contribution is -2.22. The SMILES string of the molecule is Cc1cc(OCC2(C/C(N)=N/O)CC2)ccc1Br. The Kier molecular flexibility index (Phi) is 3.80. The molecule has 0 heterocycles. The summed E-state index contributed by atoms with van der Waals surface area (Å²) in [5.74, 6) is 1.14. The van der Waals surface area contributed by atoms with Gasteiger partial charge in [0.2, 0.25) is 0 Å². The number of halogens is 1. The van der Waals surface area contributed by atoms with E-state index >= 15 is 0 Å². The van der Waals surface area contributed by atoms with Gasteiger partial charge in [-0.25, -0.2) is 0 Å². The summed E-state index contributed by atoms with van der Waals surface area (Å²) in [7, 11) is 0. The van der Waals surface area contributed by atoms with Crippen molar-refractivity contribution in [1.82, 2.24) is 0 Å². The van der Waals surface area contributed by atoms with E-state index in [1.165, 1.54) is 0 Å². The van der Waals surface area contributed by atoms with E-state index in [1.807, 2.05) is 25.1 Å². The molecule has 4 nitrogen and oxygen atoms in total. The van der Waals surface area contributed by atoms with E-state index < -0.39 is 0 Å². The van der Waals surface area contributed by atoms with Crippen molar-refractivity contribution < 1.29 is 9.94 Å². The average Bonchev–Trinajstić information content (AvgIpc) is 3.11. The summed E-state index contributed by atoms with van der Waals surface area (Å²) in [4.78, 5) is 0. The van der Waals surface area contributed by atoms with Crippen molar-refractivity contribution >= 4 is 21.8 Å². The first-order valence-electron chi connectivity index (χ1n) is 5.90. The smallest absolute Gasteiger partial charge is 0.139 e. The number of nitrogens with zero attached hydrogens (tertiary/aromatic N) is 1. The number of hydrogen-bond acceptors (Lipinski definition) is 3. The van der Waals surface area contributed by atoms with E-state index in [1.54, 1.807) is 0 Å². The molecular formula is C13H17BrN2O2. The maximum absolute atomic E-state index is 8.59. The second-order valence-electron chi connectivity index (χ2n) is 4.97. The molecule has 0 aliphatic heterocycles. The summed E-state index contributed by atoms with van der Waals surface area (Å²) in [5.41, 5.74) is 6.76. The van der Waals surface area contributed by atoms with E-state index in [-0.39, 0.29) is 11.3 Å². The molecule has 3 N–H and O–H groups in total. The van der Waals surface area contributed by atoms with Crippen LogP contribution in [0.25, 0.3) is 0 Å². The lowest BCUT2D eigenvalue weighted by Gasteiger charge is -2.15. The molecule has 1 aromatic carbocycles. The number of oxime groups is 1. The molecule has 0 spiro atoms. The molecule has 0 saturated heterocycles. The maximum Gasteiger partial charge on any atom is 0.139 e. The number of ether oxygens (including phenoxy) is 1. The zero-order chi connectivity index (χ0) is 13.2. The molecule has 0 radical (unpaired) electrons. The lowest BCUT2D eigenvalue weighted by molar-refractivity contribution is 0.236. The Morgan fingerprint density at radius 3 is 2.83 bits per heavy atom. The molecule has 1 aliphatic rings. The molecular weight excluding hydrogens is 296 g/mol. The van der Waals surface area contributed by atoms with Crippen molar-refractivity contribution in [3.63, 3.8) is 0 Å². The molecule has 1 aromatic rings. The molecule has 1 aliphatic carbocycles. The van der Waals surface area contributed by atoms with E-state index in [0.717, 1.165) is 28.6 Å². The number of aryl methyl sites for hydroxylation is 1. The molecule has 98 valence electrons. The molecule has 0 atom stereocenters. The van der Waals surface area contributed by atoms with Gasteiger partial charge in [-0.15, -0.1) is 0 Å². The van der Waals surface area contributed by atoms with Crippen molar-refractivity contribution in [1.29, 1.82) is 0 Å².